The first-order chi connectivity index (χ1) is 6.24. The lowest BCUT2D eigenvalue weighted by atomic mass is 10.2. The molecule has 0 aliphatic heterocycles. The molecule has 1 amide bonds. The maximum Gasteiger partial charge on any atom is 0.327 e. The molecule has 0 saturated heterocycles. The molecule has 5 nitrogen and oxygen atoms in total. The van der Waals surface area contributed by atoms with Crippen molar-refractivity contribution in [3.63, 3.8) is 0 Å². The molecular weight excluding hydrogens is 170 g/mol. The Morgan fingerprint density at radius 2 is 2.54 bits per heavy atom. The lowest BCUT2D eigenvalue weighted by Crippen LogP contribution is -2.35. The second-order valence-electron chi connectivity index (χ2n) is 2.83. The van der Waals surface area contributed by atoms with Crippen LogP contribution in [0.2, 0.25) is 0 Å². The van der Waals surface area contributed by atoms with Gasteiger partial charge in [0.25, 0.3) is 0 Å². The van der Waals surface area contributed by atoms with Crippen molar-refractivity contribution in [2.75, 3.05) is 6.61 Å². The van der Waals surface area contributed by atoms with Gasteiger partial charge in [-0.1, -0.05) is 0 Å². The molecular formula is C8H13N3O2. The van der Waals surface area contributed by atoms with Crippen LogP contribution < -0.4 is 5.32 Å². The van der Waals surface area contributed by atoms with Gasteiger partial charge in [0.1, 0.15) is 6.33 Å². The topological polar surface area (TPSA) is 67.2 Å². The van der Waals surface area contributed by atoms with Crippen LogP contribution in [0.4, 0.5) is 4.79 Å². The molecule has 5 heteroatoms. The van der Waals surface area contributed by atoms with Crippen LogP contribution in [0, 0.1) is 0 Å². The molecule has 2 N–H and O–H groups in total. The molecule has 0 aliphatic carbocycles. The van der Waals surface area contributed by atoms with Crippen LogP contribution in [0.3, 0.4) is 0 Å². The fraction of sp³-hybridized carbons (Fsp3) is 0.500. The minimum atomic E-state index is -0.224. The minimum absolute atomic E-state index is 0.0279. The van der Waals surface area contributed by atoms with Gasteiger partial charge in [0, 0.05) is 25.0 Å². The Balaban J connectivity index is 2.42. The largest absolute Gasteiger partial charge is 0.396 e. The van der Waals surface area contributed by atoms with Crippen molar-refractivity contribution < 1.29 is 9.90 Å². The number of hydrogen-bond acceptors (Lipinski definition) is 3. The lowest BCUT2D eigenvalue weighted by molar-refractivity contribution is 0.232. The number of aromatic nitrogens is 2. The van der Waals surface area contributed by atoms with Gasteiger partial charge < -0.3 is 10.4 Å². The van der Waals surface area contributed by atoms with Crippen molar-refractivity contribution in [3.05, 3.63) is 18.7 Å². The average molecular weight is 183 g/mol. The van der Waals surface area contributed by atoms with Crippen LogP contribution in [0.5, 0.6) is 0 Å². The molecule has 0 spiro atoms. The number of carbonyl (C=O) groups excluding carboxylic acids is 1. The standard InChI is InChI=1S/C8H13N3O2/c1-7(2-5-12)10-8(13)11-4-3-9-6-11/h3-4,6-7,12H,2,5H2,1H3,(H,10,13). The van der Waals surface area contributed by atoms with Crippen molar-refractivity contribution in [1.82, 2.24) is 14.9 Å². The zero-order valence-electron chi connectivity index (χ0n) is 7.47. The maximum absolute atomic E-state index is 11.3. The van der Waals surface area contributed by atoms with Crippen LogP contribution >= 0.6 is 0 Å². The Bertz CT molecular complexity index is 258. The highest BCUT2D eigenvalue weighted by Gasteiger charge is 2.07. The summed E-state index contributed by atoms with van der Waals surface area (Å²) in [6, 6.07) is -0.252. The van der Waals surface area contributed by atoms with Crippen LogP contribution in [-0.2, 0) is 0 Å². The number of aliphatic hydroxyl groups is 1. The molecule has 1 unspecified atom stereocenters. The van der Waals surface area contributed by atoms with Gasteiger partial charge in [-0.25, -0.2) is 9.78 Å². The number of rotatable bonds is 3. The van der Waals surface area contributed by atoms with Gasteiger partial charge in [-0.15, -0.1) is 0 Å². The Hall–Kier alpha value is -1.36. The van der Waals surface area contributed by atoms with E-state index < -0.39 is 0 Å². The molecule has 1 heterocycles. The number of nitrogens with zero attached hydrogens (tertiary/aromatic N) is 2. The van der Waals surface area contributed by atoms with Gasteiger partial charge in [-0.2, -0.15) is 0 Å². The van der Waals surface area contributed by atoms with Gasteiger partial charge in [0.15, 0.2) is 0 Å². The highest BCUT2D eigenvalue weighted by molar-refractivity contribution is 5.76. The normalized spacial score (nSPS) is 12.5. The van der Waals surface area contributed by atoms with Gasteiger partial charge in [-0.05, 0) is 13.3 Å². The Kier molecular flexibility index (Phi) is 3.45. The second-order valence-corrected chi connectivity index (χ2v) is 2.83. The second kappa shape index (κ2) is 4.61. The summed E-state index contributed by atoms with van der Waals surface area (Å²) in [5, 5.41) is 11.3. The summed E-state index contributed by atoms with van der Waals surface area (Å²) in [4.78, 5) is 15.1. The van der Waals surface area contributed by atoms with E-state index in [1.165, 1.54) is 17.1 Å². The molecule has 1 aromatic heterocycles. The summed E-state index contributed by atoms with van der Waals surface area (Å²) < 4.78 is 1.36. The van der Waals surface area contributed by atoms with E-state index >= 15 is 0 Å². The van der Waals surface area contributed by atoms with E-state index in [1.807, 2.05) is 6.92 Å². The van der Waals surface area contributed by atoms with E-state index in [-0.39, 0.29) is 18.7 Å². The summed E-state index contributed by atoms with van der Waals surface area (Å²) in [7, 11) is 0. The fourth-order valence-electron chi connectivity index (χ4n) is 0.930. The Morgan fingerprint density at radius 3 is 3.08 bits per heavy atom. The van der Waals surface area contributed by atoms with Crippen LogP contribution in [-0.4, -0.2) is 33.3 Å². The van der Waals surface area contributed by atoms with Crippen molar-refractivity contribution in [3.8, 4) is 0 Å². The number of imidazole rings is 1. The summed E-state index contributed by atoms with van der Waals surface area (Å²) in [6.45, 7) is 1.91. The average Bonchev–Trinajstić information content (AvgIpc) is 2.55. The predicted molar refractivity (Wildman–Crippen MR) is 47.3 cm³/mol. The molecule has 0 saturated carbocycles. The van der Waals surface area contributed by atoms with Gasteiger partial charge in [-0.3, -0.25) is 4.57 Å². The van der Waals surface area contributed by atoms with E-state index in [1.54, 1.807) is 6.20 Å². The first-order valence-electron chi connectivity index (χ1n) is 4.13. The summed E-state index contributed by atoms with van der Waals surface area (Å²) in [5.74, 6) is 0. The van der Waals surface area contributed by atoms with Crippen molar-refractivity contribution in [2.45, 2.75) is 19.4 Å². The molecule has 13 heavy (non-hydrogen) atoms. The van der Waals surface area contributed by atoms with Crippen molar-refractivity contribution in [1.29, 1.82) is 0 Å². The molecule has 0 aliphatic rings. The van der Waals surface area contributed by atoms with Crippen LogP contribution in [0.25, 0.3) is 0 Å². The Labute approximate surface area is 76.4 Å². The smallest absolute Gasteiger partial charge is 0.327 e. The third kappa shape index (κ3) is 2.87. The molecule has 1 atom stereocenters. The molecule has 0 fully saturated rings. The highest BCUT2D eigenvalue weighted by atomic mass is 16.3. The zero-order valence-corrected chi connectivity index (χ0v) is 7.47. The molecule has 72 valence electrons. The predicted octanol–water partition coefficient (Wildman–Crippen LogP) is 0.212. The van der Waals surface area contributed by atoms with Gasteiger partial charge >= 0.3 is 6.03 Å². The number of aliphatic hydroxyl groups excluding tert-OH is 1. The quantitative estimate of drug-likeness (QED) is 0.704. The van der Waals surface area contributed by atoms with E-state index in [4.69, 9.17) is 5.11 Å². The number of amides is 1. The zero-order chi connectivity index (χ0) is 9.68. The van der Waals surface area contributed by atoms with E-state index in [0.29, 0.717) is 6.42 Å². The number of hydrogen-bond donors (Lipinski definition) is 2. The monoisotopic (exact) mass is 183 g/mol. The minimum Gasteiger partial charge on any atom is -0.396 e. The van der Waals surface area contributed by atoms with E-state index in [0.717, 1.165) is 0 Å². The molecule has 0 bridgehead atoms. The maximum atomic E-state index is 11.3. The lowest BCUT2D eigenvalue weighted by Gasteiger charge is -2.11. The first kappa shape index (κ1) is 9.73. The fourth-order valence-corrected chi connectivity index (χ4v) is 0.930. The summed E-state index contributed by atoms with van der Waals surface area (Å²) in [6.07, 6.45) is 5.10. The van der Waals surface area contributed by atoms with E-state index in [2.05, 4.69) is 10.3 Å². The van der Waals surface area contributed by atoms with Crippen molar-refractivity contribution in [2.24, 2.45) is 0 Å². The van der Waals surface area contributed by atoms with Gasteiger partial charge in [0.2, 0.25) is 0 Å². The first-order valence-corrected chi connectivity index (χ1v) is 4.13. The highest BCUT2D eigenvalue weighted by Crippen LogP contribution is 1.91. The molecule has 0 radical (unpaired) electrons. The number of nitrogens with one attached hydrogen (secondary N) is 1. The summed E-state index contributed by atoms with van der Waals surface area (Å²) >= 11 is 0. The Morgan fingerprint density at radius 1 is 1.77 bits per heavy atom. The third-order valence-corrected chi connectivity index (χ3v) is 1.67. The van der Waals surface area contributed by atoms with Crippen LogP contribution in [0.1, 0.15) is 13.3 Å². The third-order valence-electron chi connectivity index (χ3n) is 1.67. The van der Waals surface area contributed by atoms with Gasteiger partial charge in [0.05, 0.1) is 0 Å². The summed E-state index contributed by atoms with van der Waals surface area (Å²) in [5.41, 5.74) is 0. The number of carbonyl (C=O) groups is 1. The van der Waals surface area contributed by atoms with Crippen LogP contribution in [0.15, 0.2) is 18.7 Å². The molecule has 1 rings (SSSR count). The molecule has 0 aromatic carbocycles. The van der Waals surface area contributed by atoms with Crippen molar-refractivity contribution >= 4 is 6.03 Å². The van der Waals surface area contributed by atoms with E-state index in [9.17, 15) is 4.79 Å². The molecule has 1 aromatic rings. The SMILES string of the molecule is CC(CCO)NC(=O)n1ccnc1.